The number of imidazole rings is 1. The number of hydrogen-bond acceptors (Lipinski definition) is 3. The lowest BCUT2D eigenvalue weighted by Gasteiger charge is -2.33. The average molecular weight is 426 g/mol. The maximum atomic E-state index is 12.9. The Hall–Kier alpha value is -2.58. The second kappa shape index (κ2) is 10.4. The number of nitrogens with one attached hydrogen (secondary N) is 1. The molecule has 1 saturated heterocycles. The lowest BCUT2D eigenvalue weighted by molar-refractivity contribution is -0.130. The third kappa shape index (κ3) is 7.03. The summed E-state index contributed by atoms with van der Waals surface area (Å²) in [6.07, 6.45) is 2.94. The molecular weight excluding hydrogens is 397 g/mol. The van der Waals surface area contributed by atoms with Gasteiger partial charge in [-0.25, -0.2) is 4.98 Å². The van der Waals surface area contributed by atoms with Gasteiger partial charge in [-0.15, -0.1) is 0 Å². The Labute approximate surface area is 174 Å². The highest BCUT2D eigenvalue weighted by molar-refractivity contribution is 6.00. The van der Waals surface area contributed by atoms with Crippen LogP contribution in [0.3, 0.4) is 0 Å². The molecule has 0 unspecified atom stereocenters. The Morgan fingerprint density at radius 3 is 2.67 bits per heavy atom. The molecule has 3 heterocycles. The van der Waals surface area contributed by atoms with Crippen LogP contribution in [-0.2, 0) is 4.79 Å². The van der Waals surface area contributed by atoms with Gasteiger partial charge >= 0.3 is 6.18 Å². The van der Waals surface area contributed by atoms with Crippen molar-refractivity contribution in [3.05, 3.63) is 36.4 Å². The van der Waals surface area contributed by atoms with Crippen LogP contribution in [0.4, 0.5) is 13.2 Å². The smallest absolute Gasteiger partial charge is 0.352 e. The minimum Gasteiger partial charge on any atom is -0.352 e. The third-order valence-corrected chi connectivity index (χ3v) is 4.75. The highest BCUT2D eigenvalue weighted by Gasteiger charge is 2.26. The van der Waals surface area contributed by atoms with Gasteiger partial charge < -0.3 is 14.6 Å². The van der Waals surface area contributed by atoms with Crippen LogP contribution in [0.2, 0.25) is 0 Å². The van der Waals surface area contributed by atoms with Gasteiger partial charge in [0.25, 0.3) is 5.91 Å². The minimum absolute atomic E-state index is 0.00362. The highest BCUT2D eigenvalue weighted by atomic mass is 19.4. The van der Waals surface area contributed by atoms with Gasteiger partial charge in [0.1, 0.15) is 0 Å². The van der Waals surface area contributed by atoms with Crippen molar-refractivity contribution in [2.75, 3.05) is 13.1 Å². The van der Waals surface area contributed by atoms with Gasteiger partial charge in [0, 0.05) is 38.2 Å². The molecular formula is C21H29F3N4O2. The standard InChI is InChI=1S/C18H24N4O2.C3H5F3/c1-13(2)9-17(23)20-14-5-3-7-21(11-14)18(24)15-6-4-8-22-12-19-10-16(15)22;1-2-3(4,5)6/h4,6,8,10,12-14H,3,5,7,9,11H2,1-2H3,(H,20,23);2H2,1H3/t14-;/m0./s1. The summed E-state index contributed by atoms with van der Waals surface area (Å²) >= 11 is 0. The Morgan fingerprint density at radius 2 is 2.03 bits per heavy atom. The normalized spacial score (nSPS) is 16.9. The van der Waals surface area contributed by atoms with Crippen LogP contribution in [0.1, 0.15) is 56.8 Å². The predicted molar refractivity (Wildman–Crippen MR) is 108 cm³/mol. The first-order chi connectivity index (χ1) is 14.1. The van der Waals surface area contributed by atoms with Crippen molar-refractivity contribution in [2.45, 2.75) is 58.7 Å². The predicted octanol–water partition coefficient (Wildman–Crippen LogP) is 4.06. The van der Waals surface area contributed by atoms with E-state index in [9.17, 15) is 22.8 Å². The SMILES string of the molecule is CC(C)CC(=O)N[C@H]1CCCN(C(=O)c2cccn3cncc23)C1.CCC(F)(F)F. The largest absolute Gasteiger partial charge is 0.388 e. The number of piperidine rings is 1. The quantitative estimate of drug-likeness (QED) is 0.802. The van der Waals surface area contributed by atoms with E-state index in [4.69, 9.17) is 0 Å². The molecule has 0 aliphatic carbocycles. The maximum absolute atomic E-state index is 12.9. The number of hydrogen-bond donors (Lipinski definition) is 1. The fourth-order valence-electron chi connectivity index (χ4n) is 3.24. The fourth-order valence-corrected chi connectivity index (χ4v) is 3.24. The van der Waals surface area contributed by atoms with Gasteiger partial charge in [0.2, 0.25) is 5.91 Å². The zero-order chi connectivity index (χ0) is 22.3. The molecule has 9 heteroatoms. The van der Waals surface area contributed by atoms with Crippen molar-refractivity contribution in [2.24, 2.45) is 5.92 Å². The van der Waals surface area contributed by atoms with Crippen molar-refractivity contribution in [3.63, 3.8) is 0 Å². The van der Waals surface area contributed by atoms with Crippen molar-refractivity contribution in [1.29, 1.82) is 0 Å². The van der Waals surface area contributed by atoms with E-state index in [1.54, 1.807) is 12.5 Å². The van der Waals surface area contributed by atoms with E-state index < -0.39 is 12.6 Å². The Kier molecular flexibility index (Phi) is 8.25. The van der Waals surface area contributed by atoms with E-state index in [1.807, 2.05) is 41.5 Å². The second-order valence-electron chi connectivity index (χ2n) is 7.83. The van der Waals surface area contributed by atoms with Crippen LogP contribution >= 0.6 is 0 Å². The molecule has 0 bridgehead atoms. The highest BCUT2D eigenvalue weighted by Crippen LogP contribution is 2.18. The molecule has 3 rings (SSSR count). The summed E-state index contributed by atoms with van der Waals surface area (Å²) in [5.41, 5.74) is 1.47. The Bertz CT molecular complexity index is 848. The number of carbonyl (C=O) groups is 2. The van der Waals surface area contributed by atoms with E-state index in [1.165, 1.54) is 0 Å². The number of aromatic nitrogens is 2. The van der Waals surface area contributed by atoms with E-state index >= 15 is 0 Å². The van der Waals surface area contributed by atoms with E-state index in [2.05, 4.69) is 10.3 Å². The first kappa shape index (κ1) is 23.7. The summed E-state index contributed by atoms with van der Waals surface area (Å²) in [5.74, 6) is 0.414. The number of alkyl halides is 3. The van der Waals surface area contributed by atoms with Gasteiger partial charge in [0.15, 0.2) is 0 Å². The fraction of sp³-hybridized carbons (Fsp3) is 0.571. The number of fused-ring (bicyclic) bond motifs is 1. The molecule has 6 nitrogen and oxygen atoms in total. The lowest BCUT2D eigenvalue weighted by Crippen LogP contribution is -2.49. The zero-order valence-corrected chi connectivity index (χ0v) is 17.6. The van der Waals surface area contributed by atoms with Gasteiger partial charge in [-0.2, -0.15) is 13.2 Å². The summed E-state index contributed by atoms with van der Waals surface area (Å²) in [4.78, 5) is 30.8. The average Bonchev–Trinajstić information content (AvgIpc) is 3.15. The molecule has 2 amide bonds. The van der Waals surface area contributed by atoms with Crippen LogP contribution < -0.4 is 5.32 Å². The van der Waals surface area contributed by atoms with Crippen molar-refractivity contribution in [1.82, 2.24) is 19.6 Å². The summed E-state index contributed by atoms with van der Waals surface area (Å²) < 4.78 is 34.2. The Morgan fingerprint density at radius 1 is 1.33 bits per heavy atom. The molecule has 2 aromatic heterocycles. The van der Waals surface area contributed by atoms with Crippen LogP contribution in [0.5, 0.6) is 0 Å². The monoisotopic (exact) mass is 426 g/mol. The number of pyridine rings is 1. The molecule has 2 aromatic rings. The molecule has 1 aliphatic heterocycles. The van der Waals surface area contributed by atoms with Crippen LogP contribution in [0, 0.1) is 5.92 Å². The number of nitrogens with zero attached hydrogens (tertiary/aromatic N) is 3. The molecule has 0 saturated carbocycles. The number of carbonyl (C=O) groups excluding carboxylic acids is 2. The lowest BCUT2D eigenvalue weighted by atomic mass is 10.0. The number of halogens is 3. The summed E-state index contributed by atoms with van der Waals surface area (Å²) in [6, 6.07) is 3.73. The molecule has 0 radical (unpaired) electrons. The number of rotatable bonds is 4. The van der Waals surface area contributed by atoms with Gasteiger partial charge in [-0.3, -0.25) is 9.59 Å². The first-order valence-corrected chi connectivity index (χ1v) is 10.2. The molecule has 1 atom stereocenters. The summed E-state index contributed by atoms with van der Waals surface area (Å²) in [7, 11) is 0. The summed E-state index contributed by atoms with van der Waals surface area (Å²) in [6.45, 7) is 6.44. The zero-order valence-electron chi connectivity index (χ0n) is 17.6. The summed E-state index contributed by atoms with van der Waals surface area (Å²) in [5, 5.41) is 3.07. The molecule has 1 N–H and O–H groups in total. The molecule has 30 heavy (non-hydrogen) atoms. The van der Waals surface area contributed by atoms with E-state index in [-0.39, 0.29) is 17.9 Å². The third-order valence-electron chi connectivity index (χ3n) is 4.75. The van der Waals surface area contributed by atoms with Crippen molar-refractivity contribution >= 4 is 17.3 Å². The van der Waals surface area contributed by atoms with Crippen LogP contribution in [0.25, 0.3) is 5.52 Å². The molecule has 166 valence electrons. The van der Waals surface area contributed by atoms with Crippen LogP contribution in [0.15, 0.2) is 30.9 Å². The molecule has 1 aliphatic rings. The maximum Gasteiger partial charge on any atom is 0.388 e. The Balaban J connectivity index is 0.000000469. The minimum atomic E-state index is -3.96. The molecule has 0 aromatic carbocycles. The second-order valence-corrected chi connectivity index (χ2v) is 7.83. The van der Waals surface area contributed by atoms with E-state index in [0.29, 0.717) is 24.4 Å². The number of likely N-dealkylation sites (tertiary alicyclic amines) is 1. The van der Waals surface area contributed by atoms with E-state index in [0.717, 1.165) is 31.8 Å². The first-order valence-electron chi connectivity index (χ1n) is 10.2. The van der Waals surface area contributed by atoms with Gasteiger partial charge in [0.05, 0.1) is 23.6 Å². The molecule has 0 spiro atoms. The van der Waals surface area contributed by atoms with Gasteiger partial charge in [-0.05, 0) is 30.9 Å². The topological polar surface area (TPSA) is 66.7 Å². The number of amides is 2. The van der Waals surface area contributed by atoms with Crippen LogP contribution in [-0.4, -0.2) is 51.4 Å². The molecule has 1 fully saturated rings. The van der Waals surface area contributed by atoms with Gasteiger partial charge in [-0.1, -0.05) is 20.8 Å². The van der Waals surface area contributed by atoms with Crippen molar-refractivity contribution in [3.8, 4) is 0 Å². The van der Waals surface area contributed by atoms with Crippen molar-refractivity contribution < 1.29 is 22.8 Å².